The molecule has 0 saturated heterocycles. The monoisotopic (exact) mass is 304 g/mol. The summed E-state index contributed by atoms with van der Waals surface area (Å²) in [5, 5.41) is 2.95. The average molecular weight is 304 g/mol. The van der Waals surface area contributed by atoms with Crippen molar-refractivity contribution in [3.63, 3.8) is 0 Å². The highest BCUT2D eigenvalue weighted by molar-refractivity contribution is 5.83. The van der Waals surface area contributed by atoms with Gasteiger partial charge in [-0.05, 0) is 36.8 Å². The maximum Gasteiger partial charge on any atom is 0.227 e. The van der Waals surface area contributed by atoms with Gasteiger partial charge in [-0.15, -0.1) is 0 Å². The predicted octanol–water partition coefficient (Wildman–Crippen LogP) is 1.77. The van der Waals surface area contributed by atoms with Crippen molar-refractivity contribution in [1.82, 2.24) is 5.32 Å². The number of hydrogen-bond acceptors (Lipinski definition) is 2. The largest absolute Gasteiger partial charge is 0.370 e. The summed E-state index contributed by atoms with van der Waals surface area (Å²) >= 11 is 0. The fraction of sp³-hybridized carbons (Fsp3) is 0.529. The molecule has 122 valence electrons. The van der Waals surface area contributed by atoms with Crippen LogP contribution in [0.15, 0.2) is 29.3 Å². The van der Waals surface area contributed by atoms with Gasteiger partial charge in [0, 0.05) is 13.1 Å². The van der Waals surface area contributed by atoms with Gasteiger partial charge in [-0.3, -0.25) is 9.79 Å². The van der Waals surface area contributed by atoms with Crippen molar-refractivity contribution >= 4 is 11.9 Å². The van der Waals surface area contributed by atoms with Gasteiger partial charge in [0.2, 0.25) is 5.91 Å². The fourth-order valence-electron chi connectivity index (χ4n) is 2.38. The summed E-state index contributed by atoms with van der Waals surface area (Å²) in [6.07, 6.45) is 1.71. The number of nitrogens with two attached hydrogens (primary N) is 2. The van der Waals surface area contributed by atoms with Gasteiger partial charge < -0.3 is 16.8 Å². The van der Waals surface area contributed by atoms with Crippen molar-refractivity contribution in [3.8, 4) is 0 Å². The summed E-state index contributed by atoms with van der Waals surface area (Å²) in [6.45, 7) is 7.42. The summed E-state index contributed by atoms with van der Waals surface area (Å²) in [5.74, 6) is 0.539. The highest BCUT2D eigenvalue weighted by atomic mass is 16.1. The maximum atomic E-state index is 12.3. The molecule has 0 bridgehead atoms. The lowest BCUT2D eigenvalue weighted by Crippen LogP contribution is -2.30. The number of nitrogens with one attached hydrogen (secondary N) is 1. The minimum atomic E-state index is -0.155. The van der Waals surface area contributed by atoms with E-state index in [1.54, 1.807) is 0 Å². The molecule has 0 heterocycles. The Hall–Kier alpha value is -2.04. The summed E-state index contributed by atoms with van der Waals surface area (Å²) in [7, 11) is 0. The van der Waals surface area contributed by atoms with Gasteiger partial charge in [-0.1, -0.05) is 38.1 Å². The molecule has 5 nitrogen and oxygen atoms in total. The van der Waals surface area contributed by atoms with Crippen LogP contribution in [0.4, 0.5) is 0 Å². The molecule has 1 aromatic carbocycles. The van der Waals surface area contributed by atoms with Crippen LogP contribution >= 0.6 is 0 Å². The van der Waals surface area contributed by atoms with E-state index < -0.39 is 0 Å². The van der Waals surface area contributed by atoms with Crippen molar-refractivity contribution < 1.29 is 4.79 Å². The summed E-state index contributed by atoms with van der Waals surface area (Å²) < 4.78 is 0. The number of amides is 1. The Morgan fingerprint density at radius 2 is 1.91 bits per heavy atom. The first-order valence-corrected chi connectivity index (χ1v) is 7.82. The van der Waals surface area contributed by atoms with E-state index in [4.69, 9.17) is 11.5 Å². The summed E-state index contributed by atoms with van der Waals surface area (Å²) in [4.78, 5) is 16.2. The molecule has 0 spiro atoms. The van der Waals surface area contributed by atoms with Crippen molar-refractivity contribution in [2.45, 2.75) is 39.5 Å². The molecule has 0 saturated carbocycles. The number of guanidine groups is 1. The minimum Gasteiger partial charge on any atom is -0.370 e. The standard InChI is InChI=1S/C17H28N4O/c1-12(2)11-14-7-4-5-8-15(14)13(3)16(22)20-9-6-10-21-17(18)19/h4-5,7-8,12-13H,6,9-11H2,1-3H3,(H,20,22)(H4,18,19,21)/t13-/m1/s1. The molecule has 0 unspecified atom stereocenters. The van der Waals surface area contributed by atoms with Crippen molar-refractivity contribution in [3.05, 3.63) is 35.4 Å². The number of hydrogen-bond donors (Lipinski definition) is 3. The number of rotatable bonds is 8. The third-order valence-corrected chi connectivity index (χ3v) is 3.47. The molecule has 22 heavy (non-hydrogen) atoms. The van der Waals surface area contributed by atoms with Gasteiger partial charge in [0.25, 0.3) is 0 Å². The number of aliphatic imine (C=N–C) groups is 1. The highest BCUT2D eigenvalue weighted by Crippen LogP contribution is 2.22. The second kappa shape index (κ2) is 9.07. The lowest BCUT2D eigenvalue weighted by molar-refractivity contribution is -0.122. The lowest BCUT2D eigenvalue weighted by atomic mass is 9.90. The zero-order valence-electron chi connectivity index (χ0n) is 13.8. The molecule has 1 atom stereocenters. The Labute approximate surface area is 133 Å². The third kappa shape index (κ3) is 6.16. The Morgan fingerprint density at radius 1 is 1.23 bits per heavy atom. The maximum absolute atomic E-state index is 12.3. The predicted molar refractivity (Wildman–Crippen MR) is 91.7 cm³/mol. The fourth-order valence-corrected chi connectivity index (χ4v) is 2.38. The van der Waals surface area contributed by atoms with E-state index in [1.165, 1.54) is 5.56 Å². The van der Waals surface area contributed by atoms with Crippen molar-refractivity contribution in [2.24, 2.45) is 22.4 Å². The second-order valence-electron chi connectivity index (χ2n) is 5.97. The zero-order valence-corrected chi connectivity index (χ0v) is 13.8. The highest BCUT2D eigenvalue weighted by Gasteiger charge is 2.17. The minimum absolute atomic E-state index is 0.0425. The Kier molecular flexibility index (Phi) is 7.43. The van der Waals surface area contributed by atoms with Crippen LogP contribution in [0.3, 0.4) is 0 Å². The molecule has 1 aromatic rings. The first kappa shape index (κ1) is 18.0. The van der Waals surface area contributed by atoms with E-state index in [0.717, 1.165) is 18.4 Å². The van der Waals surface area contributed by atoms with Gasteiger partial charge in [0.15, 0.2) is 5.96 Å². The molecular weight excluding hydrogens is 276 g/mol. The summed E-state index contributed by atoms with van der Waals surface area (Å²) in [6, 6.07) is 8.17. The lowest BCUT2D eigenvalue weighted by Gasteiger charge is -2.17. The van der Waals surface area contributed by atoms with Gasteiger partial charge in [0.05, 0.1) is 5.92 Å². The Balaban J connectivity index is 2.58. The molecule has 0 radical (unpaired) electrons. The Bertz CT molecular complexity index is 507. The van der Waals surface area contributed by atoms with E-state index in [9.17, 15) is 4.79 Å². The third-order valence-electron chi connectivity index (χ3n) is 3.47. The number of benzene rings is 1. The van der Waals surface area contributed by atoms with Gasteiger partial charge in [0.1, 0.15) is 0 Å². The van der Waals surface area contributed by atoms with Crippen LogP contribution < -0.4 is 16.8 Å². The molecule has 0 fully saturated rings. The topological polar surface area (TPSA) is 93.5 Å². The van der Waals surface area contributed by atoms with Crippen LogP contribution in [-0.4, -0.2) is 25.0 Å². The van der Waals surface area contributed by atoms with E-state index in [0.29, 0.717) is 19.0 Å². The van der Waals surface area contributed by atoms with Gasteiger partial charge in [-0.25, -0.2) is 0 Å². The van der Waals surface area contributed by atoms with E-state index in [1.807, 2.05) is 25.1 Å². The Morgan fingerprint density at radius 3 is 2.55 bits per heavy atom. The van der Waals surface area contributed by atoms with Gasteiger partial charge >= 0.3 is 0 Å². The summed E-state index contributed by atoms with van der Waals surface area (Å²) in [5.41, 5.74) is 12.9. The smallest absolute Gasteiger partial charge is 0.227 e. The molecule has 1 amide bonds. The quantitative estimate of drug-likeness (QED) is 0.388. The molecular formula is C17H28N4O. The van der Waals surface area contributed by atoms with Crippen molar-refractivity contribution in [2.75, 3.05) is 13.1 Å². The van der Waals surface area contributed by atoms with Crippen LogP contribution in [-0.2, 0) is 11.2 Å². The van der Waals surface area contributed by atoms with Crippen LogP contribution in [0.2, 0.25) is 0 Å². The number of nitrogens with zero attached hydrogens (tertiary/aromatic N) is 1. The number of carbonyl (C=O) groups is 1. The SMILES string of the molecule is CC(C)Cc1ccccc1[C@@H](C)C(=O)NCCCN=C(N)N. The molecule has 0 aliphatic carbocycles. The van der Waals surface area contributed by atoms with Crippen molar-refractivity contribution in [1.29, 1.82) is 0 Å². The van der Waals surface area contributed by atoms with E-state index >= 15 is 0 Å². The molecule has 5 N–H and O–H groups in total. The van der Waals surface area contributed by atoms with E-state index in [2.05, 4.69) is 30.2 Å². The van der Waals surface area contributed by atoms with Crippen LogP contribution in [0.5, 0.6) is 0 Å². The molecule has 0 aliphatic rings. The second-order valence-corrected chi connectivity index (χ2v) is 5.97. The molecule has 1 rings (SSSR count). The van der Waals surface area contributed by atoms with Crippen LogP contribution in [0.25, 0.3) is 0 Å². The average Bonchev–Trinajstić information content (AvgIpc) is 2.45. The first-order valence-electron chi connectivity index (χ1n) is 7.82. The normalized spacial score (nSPS) is 12.0. The van der Waals surface area contributed by atoms with E-state index in [-0.39, 0.29) is 17.8 Å². The zero-order chi connectivity index (χ0) is 16.5. The van der Waals surface area contributed by atoms with Crippen LogP contribution in [0, 0.1) is 5.92 Å². The molecule has 5 heteroatoms. The number of carbonyl (C=O) groups excluding carboxylic acids is 1. The first-order chi connectivity index (χ1) is 10.4. The van der Waals surface area contributed by atoms with Gasteiger partial charge in [-0.2, -0.15) is 0 Å². The molecule has 0 aromatic heterocycles. The molecule has 0 aliphatic heterocycles. The van der Waals surface area contributed by atoms with Crippen LogP contribution in [0.1, 0.15) is 44.2 Å².